The standard InChI is InChI=1S/C30H29ClN2O6/c1-15-11-19(17(3)32-21-8-10-24(31)33-25(21)29(35)39-30(4,5)6)28-20(12-15)26(34)16(2)27(38-28)18-7-9-22-23(13-18)37-14-36-22/h7-13,17,32H,14H2,1-6H3/t17-/m1/s1. The van der Waals surface area contributed by atoms with Crippen LogP contribution >= 0.6 is 11.6 Å². The number of nitrogens with one attached hydrogen (secondary N) is 1. The highest BCUT2D eigenvalue weighted by molar-refractivity contribution is 6.29. The minimum absolute atomic E-state index is 0.0691. The van der Waals surface area contributed by atoms with Gasteiger partial charge in [0.15, 0.2) is 22.6 Å². The zero-order valence-electron chi connectivity index (χ0n) is 22.6. The van der Waals surface area contributed by atoms with Crippen LogP contribution in [0.1, 0.15) is 60.9 Å². The van der Waals surface area contributed by atoms with Crippen LogP contribution in [-0.2, 0) is 4.74 Å². The monoisotopic (exact) mass is 548 g/mol. The van der Waals surface area contributed by atoms with Gasteiger partial charge >= 0.3 is 5.97 Å². The van der Waals surface area contributed by atoms with E-state index in [-0.39, 0.29) is 29.1 Å². The van der Waals surface area contributed by atoms with Crippen molar-refractivity contribution >= 4 is 34.2 Å². The molecule has 3 heterocycles. The molecule has 1 aliphatic heterocycles. The SMILES string of the molecule is Cc1cc([C@@H](C)Nc2ccc(Cl)nc2C(=O)OC(C)(C)C)c2oc(-c3ccc4c(c3)OCO4)c(C)c(=O)c2c1. The van der Waals surface area contributed by atoms with Gasteiger partial charge in [-0.25, -0.2) is 9.78 Å². The van der Waals surface area contributed by atoms with Crippen LogP contribution in [-0.4, -0.2) is 23.3 Å². The number of halogens is 1. The fourth-order valence-corrected chi connectivity index (χ4v) is 4.69. The lowest BCUT2D eigenvalue weighted by atomic mass is 9.98. The Labute approximate surface area is 230 Å². The van der Waals surface area contributed by atoms with Crippen molar-refractivity contribution in [3.05, 3.63) is 80.2 Å². The fourth-order valence-electron chi connectivity index (χ4n) is 4.55. The number of benzene rings is 2. The van der Waals surface area contributed by atoms with Gasteiger partial charge in [-0.15, -0.1) is 0 Å². The number of aryl methyl sites for hydroxylation is 1. The first-order chi connectivity index (χ1) is 18.4. The van der Waals surface area contributed by atoms with Gasteiger partial charge in [0.25, 0.3) is 0 Å². The second kappa shape index (κ2) is 9.93. The molecule has 0 spiro atoms. The third-order valence-electron chi connectivity index (χ3n) is 6.32. The largest absolute Gasteiger partial charge is 0.455 e. The summed E-state index contributed by atoms with van der Waals surface area (Å²) in [4.78, 5) is 30.7. The number of aromatic nitrogens is 1. The summed E-state index contributed by atoms with van der Waals surface area (Å²) in [7, 11) is 0. The van der Waals surface area contributed by atoms with E-state index in [9.17, 15) is 9.59 Å². The summed E-state index contributed by atoms with van der Waals surface area (Å²) < 4.78 is 23.0. The Kier molecular flexibility index (Phi) is 6.76. The van der Waals surface area contributed by atoms with Gasteiger partial charge in [-0.3, -0.25) is 4.79 Å². The molecular formula is C30H29ClN2O6. The van der Waals surface area contributed by atoms with Crippen molar-refractivity contribution in [3.63, 3.8) is 0 Å². The maximum absolute atomic E-state index is 13.5. The molecule has 0 unspecified atom stereocenters. The average molecular weight is 549 g/mol. The number of carbonyl (C=O) groups is 1. The lowest BCUT2D eigenvalue weighted by Crippen LogP contribution is -2.25. The molecule has 39 heavy (non-hydrogen) atoms. The fraction of sp³-hybridized carbons (Fsp3) is 0.300. The van der Waals surface area contributed by atoms with Crippen molar-refractivity contribution < 1.29 is 23.4 Å². The molecule has 0 amide bonds. The number of ether oxygens (including phenoxy) is 3. The normalized spacial score (nSPS) is 13.4. The van der Waals surface area contributed by atoms with Crippen molar-refractivity contribution in [1.82, 2.24) is 4.98 Å². The van der Waals surface area contributed by atoms with Crippen molar-refractivity contribution in [2.75, 3.05) is 12.1 Å². The van der Waals surface area contributed by atoms with Crippen molar-refractivity contribution in [2.24, 2.45) is 0 Å². The quantitative estimate of drug-likeness (QED) is 0.210. The smallest absolute Gasteiger partial charge is 0.359 e. The minimum Gasteiger partial charge on any atom is -0.455 e. The van der Waals surface area contributed by atoms with Crippen LogP contribution in [0.5, 0.6) is 11.5 Å². The van der Waals surface area contributed by atoms with Crippen molar-refractivity contribution in [3.8, 4) is 22.8 Å². The highest BCUT2D eigenvalue weighted by Gasteiger charge is 2.25. The van der Waals surface area contributed by atoms with E-state index >= 15 is 0 Å². The Balaban J connectivity index is 1.60. The predicted molar refractivity (Wildman–Crippen MR) is 150 cm³/mol. The van der Waals surface area contributed by atoms with Gasteiger partial charge in [0.05, 0.1) is 17.1 Å². The number of pyridine rings is 1. The third kappa shape index (κ3) is 5.29. The zero-order chi connectivity index (χ0) is 28.1. The number of rotatable bonds is 5. The molecule has 8 nitrogen and oxygen atoms in total. The molecule has 2 aromatic carbocycles. The van der Waals surface area contributed by atoms with Crippen LogP contribution in [0.15, 0.2) is 51.7 Å². The summed E-state index contributed by atoms with van der Waals surface area (Å²) in [6.07, 6.45) is 0. The van der Waals surface area contributed by atoms with Crippen LogP contribution < -0.4 is 20.2 Å². The first-order valence-corrected chi connectivity index (χ1v) is 12.9. The van der Waals surface area contributed by atoms with Gasteiger partial charge in [-0.05, 0) is 83.5 Å². The average Bonchev–Trinajstić information content (AvgIpc) is 3.34. The Morgan fingerprint density at radius 3 is 2.56 bits per heavy atom. The number of anilines is 1. The lowest BCUT2D eigenvalue weighted by molar-refractivity contribution is 0.00640. The molecule has 4 aromatic rings. The molecular weight excluding hydrogens is 520 g/mol. The van der Waals surface area contributed by atoms with Crippen LogP contribution in [0.2, 0.25) is 5.15 Å². The van der Waals surface area contributed by atoms with E-state index in [2.05, 4.69) is 10.3 Å². The molecule has 1 aliphatic rings. The molecule has 2 aromatic heterocycles. The summed E-state index contributed by atoms with van der Waals surface area (Å²) >= 11 is 6.11. The Morgan fingerprint density at radius 2 is 1.82 bits per heavy atom. The first-order valence-electron chi connectivity index (χ1n) is 12.6. The zero-order valence-corrected chi connectivity index (χ0v) is 23.4. The van der Waals surface area contributed by atoms with Crippen LogP contribution in [0.4, 0.5) is 5.69 Å². The summed E-state index contributed by atoms with van der Waals surface area (Å²) in [6.45, 7) is 11.1. The molecule has 202 valence electrons. The summed E-state index contributed by atoms with van der Waals surface area (Å²) in [5, 5.41) is 3.99. The number of carbonyl (C=O) groups excluding carboxylic acids is 1. The second-order valence-electron chi connectivity index (χ2n) is 10.6. The van der Waals surface area contributed by atoms with E-state index in [1.165, 1.54) is 0 Å². The van der Waals surface area contributed by atoms with E-state index in [4.69, 9.17) is 30.2 Å². The Morgan fingerprint density at radius 1 is 1.08 bits per heavy atom. The predicted octanol–water partition coefficient (Wildman–Crippen LogP) is 6.98. The Bertz CT molecular complexity index is 1670. The summed E-state index contributed by atoms with van der Waals surface area (Å²) in [6, 6.07) is 12.1. The highest BCUT2D eigenvalue weighted by Crippen LogP contribution is 2.38. The lowest BCUT2D eigenvalue weighted by Gasteiger charge is -2.22. The van der Waals surface area contributed by atoms with E-state index in [0.29, 0.717) is 45.0 Å². The molecule has 0 saturated carbocycles. The molecule has 1 atom stereocenters. The van der Waals surface area contributed by atoms with Crippen LogP contribution in [0.25, 0.3) is 22.3 Å². The molecule has 5 rings (SSSR count). The van der Waals surface area contributed by atoms with Gasteiger partial charge in [0.2, 0.25) is 6.79 Å². The van der Waals surface area contributed by atoms with Gasteiger partial charge in [-0.2, -0.15) is 0 Å². The van der Waals surface area contributed by atoms with Gasteiger partial charge in [-0.1, -0.05) is 17.7 Å². The maximum Gasteiger partial charge on any atom is 0.359 e. The van der Waals surface area contributed by atoms with Crippen LogP contribution in [0.3, 0.4) is 0 Å². The molecule has 0 aliphatic carbocycles. The second-order valence-corrected chi connectivity index (χ2v) is 11.0. The molecule has 1 N–H and O–H groups in total. The number of esters is 1. The third-order valence-corrected chi connectivity index (χ3v) is 6.53. The minimum atomic E-state index is -0.705. The molecule has 0 saturated heterocycles. The highest BCUT2D eigenvalue weighted by atomic mass is 35.5. The van der Waals surface area contributed by atoms with Crippen molar-refractivity contribution in [2.45, 2.75) is 53.2 Å². The topological polar surface area (TPSA) is 99.9 Å². The van der Waals surface area contributed by atoms with E-state index in [0.717, 1.165) is 11.1 Å². The summed E-state index contributed by atoms with van der Waals surface area (Å²) in [5.41, 5.74) is 2.98. The van der Waals surface area contributed by atoms with Crippen LogP contribution in [0, 0.1) is 13.8 Å². The van der Waals surface area contributed by atoms with E-state index in [1.807, 2.05) is 38.1 Å². The maximum atomic E-state index is 13.5. The van der Waals surface area contributed by atoms with Gasteiger partial charge in [0, 0.05) is 16.7 Å². The van der Waals surface area contributed by atoms with Crippen molar-refractivity contribution in [1.29, 1.82) is 0 Å². The molecule has 0 fully saturated rings. The first kappa shape index (κ1) is 26.6. The van der Waals surface area contributed by atoms with Gasteiger partial charge in [0.1, 0.15) is 22.1 Å². The Hall–Kier alpha value is -4.04. The number of hydrogen-bond donors (Lipinski definition) is 1. The number of nitrogens with zero attached hydrogens (tertiary/aromatic N) is 1. The summed E-state index contributed by atoms with van der Waals surface area (Å²) in [5.74, 6) is 1.09. The van der Waals surface area contributed by atoms with E-state index < -0.39 is 11.6 Å². The van der Waals surface area contributed by atoms with E-state index in [1.54, 1.807) is 45.9 Å². The number of hydrogen-bond acceptors (Lipinski definition) is 8. The molecule has 9 heteroatoms. The molecule has 0 radical (unpaired) electrons. The molecule has 0 bridgehead atoms. The number of fused-ring (bicyclic) bond motifs is 2. The van der Waals surface area contributed by atoms with Gasteiger partial charge < -0.3 is 23.9 Å².